The number of allylic oxidation sites excluding steroid dienone is 2. The van der Waals surface area contributed by atoms with Crippen LogP contribution in [-0.2, 0) is 0 Å². The van der Waals surface area contributed by atoms with Crippen LogP contribution in [0.25, 0.3) is 28.3 Å². The van der Waals surface area contributed by atoms with Gasteiger partial charge in [0.25, 0.3) is 0 Å². The molecule has 2 nitrogen and oxygen atoms in total. The fraction of sp³-hybridized carbons (Fsp3) is 0.0625. The minimum absolute atomic E-state index is 0.252. The van der Waals surface area contributed by atoms with E-state index >= 15 is 0 Å². The summed E-state index contributed by atoms with van der Waals surface area (Å²) < 4.78 is 0. The molecule has 34 heavy (non-hydrogen) atoms. The van der Waals surface area contributed by atoms with Crippen molar-refractivity contribution in [3.05, 3.63) is 144 Å². The van der Waals surface area contributed by atoms with Crippen molar-refractivity contribution in [2.24, 2.45) is 0 Å². The van der Waals surface area contributed by atoms with Crippen molar-refractivity contribution in [1.29, 1.82) is 0 Å². The second-order valence-electron chi connectivity index (χ2n) is 8.58. The van der Waals surface area contributed by atoms with E-state index in [-0.39, 0.29) is 5.75 Å². The first-order valence-electron chi connectivity index (χ1n) is 11.4. The van der Waals surface area contributed by atoms with E-state index < -0.39 is 5.60 Å². The number of phenols is 1. The van der Waals surface area contributed by atoms with Gasteiger partial charge in [0.2, 0.25) is 0 Å². The van der Waals surface area contributed by atoms with Gasteiger partial charge in [0.05, 0.1) is 0 Å². The van der Waals surface area contributed by atoms with Crippen LogP contribution >= 0.6 is 0 Å². The Hall–Kier alpha value is -4.14. The lowest BCUT2D eigenvalue weighted by atomic mass is 9.80. The second-order valence-corrected chi connectivity index (χ2v) is 8.58. The van der Waals surface area contributed by atoms with Crippen LogP contribution in [0.3, 0.4) is 0 Å². The quantitative estimate of drug-likeness (QED) is 0.317. The Morgan fingerprint density at radius 3 is 1.85 bits per heavy atom. The maximum absolute atomic E-state index is 11.8. The number of aromatic hydroxyl groups is 1. The van der Waals surface area contributed by atoms with Gasteiger partial charge in [-0.05, 0) is 63.2 Å². The van der Waals surface area contributed by atoms with Crippen LogP contribution in [0.5, 0.6) is 5.75 Å². The Labute approximate surface area is 200 Å². The summed E-state index contributed by atoms with van der Waals surface area (Å²) in [5.41, 5.74) is 6.10. The molecular formula is C32H26O2. The first-order chi connectivity index (χ1) is 16.6. The molecule has 0 aromatic heterocycles. The molecule has 1 unspecified atom stereocenters. The van der Waals surface area contributed by atoms with Gasteiger partial charge in [0, 0.05) is 6.42 Å². The molecule has 1 aliphatic carbocycles. The van der Waals surface area contributed by atoms with Crippen molar-refractivity contribution < 1.29 is 10.2 Å². The summed E-state index contributed by atoms with van der Waals surface area (Å²) in [5.74, 6) is 0.252. The molecule has 166 valence electrons. The molecule has 0 radical (unpaired) electrons. The normalized spacial score (nSPS) is 17.9. The van der Waals surface area contributed by atoms with Crippen LogP contribution < -0.4 is 0 Å². The third kappa shape index (κ3) is 4.63. The van der Waals surface area contributed by atoms with Gasteiger partial charge in [-0.3, -0.25) is 0 Å². The number of aliphatic hydroxyl groups is 1. The molecule has 4 aromatic carbocycles. The summed E-state index contributed by atoms with van der Waals surface area (Å²) >= 11 is 0. The van der Waals surface area contributed by atoms with Crippen molar-refractivity contribution in [2.75, 3.05) is 0 Å². The van der Waals surface area contributed by atoms with E-state index in [9.17, 15) is 10.2 Å². The fourth-order valence-corrected chi connectivity index (χ4v) is 4.34. The first kappa shape index (κ1) is 21.7. The van der Waals surface area contributed by atoms with Crippen molar-refractivity contribution in [1.82, 2.24) is 0 Å². The summed E-state index contributed by atoms with van der Waals surface area (Å²) in [7, 11) is 0. The lowest BCUT2D eigenvalue weighted by molar-refractivity contribution is 0.156. The lowest BCUT2D eigenvalue weighted by Gasteiger charge is -2.30. The molecular weight excluding hydrogens is 416 g/mol. The summed E-state index contributed by atoms with van der Waals surface area (Å²) in [6.07, 6.45) is 8.60. The second kappa shape index (κ2) is 9.38. The van der Waals surface area contributed by atoms with Gasteiger partial charge in [-0.2, -0.15) is 0 Å². The molecule has 1 atom stereocenters. The van der Waals surface area contributed by atoms with Gasteiger partial charge in [-0.15, -0.1) is 0 Å². The largest absolute Gasteiger partial charge is 0.508 e. The van der Waals surface area contributed by atoms with Crippen LogP contribution in [0, 0.1) is 0 Å². The van der Waals surface area contributed by atoms with E-state index in [1.54, 1.807) is 12.1 Å². The van der Waals surface area contributed by atoms with Crippen molar-refractivity contribution >= 4 is 17.2 Å². The van der Waals surface area contributed by atoms with Crippen molar-refractivity contribution in [2.45, 2.75) is 12.0 Å². The highest BCUT2D eigenvalue weighted by Crippen LogP contribution is 2.38. The highest BCUT2D eigenvalue weighted by molar-refractivity contribution is 5.90. The molecule has 0 heterocycles. The molecule has 0 aliphatic heterocycles. The topological polar surface area (TPSA) is 40.5 Å². The molecule has 0 amide bonds. The molecule has 0 saturated carbocycles. The summed E-state index contributed by atoms with van der Waals surface area (Å²) in [6, 6.07) is 35.7. The average molecular weight is 443 g/mol. The highest BCUT2D eigenvalue weighted by atomic mass is 16.3. The molecule has 0 saturated heterocycles. The molecule has 1 aliphatic rings. The minimum Gasteiger partial charge on any atom is -0.508 e. The molecule has 2 heteroatoms. The van der Waals surface area contributed by atoms with Crippen LogP contribution in [0.4, 0.5) is 0 Å². The fourth-order valence-electron chi connectivity index (χ4n) is 4.34. The van der Waals surface area contributed by atoms with E-state index in [0.29, 0.717) is 6.42 Å². The van der Waals surface area contributed by atoms with Gasteiger partial charge < -0.3 is 10.2 Å². The van der Waals surface area contributed by atoms with E-state index in [1.165, 1.54) is 0 Å². The molecule has 4 aromatic rings. The molecule has 0 spiro atoms. The average Bonchev–Trinajstić information content (AvgIpc) is 2.89. The molecule has 0 fully saturated rings. The van der Waals surface area contributed by atoms with Crippen LogP contribution in [0.15, 0.2) is 127 Å². The Kier molecular flexibility index (Phi) is 5.99. The number of benzene rings is 4. The summed E-state index contributed by atoms with van der Waals surface area (Å²) in [5, 5.41) is 21.4. The minimum atomic E-state index is -1.12. The Morgan fingerprint density at radius 2 is 1.26 bits per heavy atom. The molecule has 2 N–H and O–H groups in total. The first-order valence-corrected chi connectivity index (χ1v) is 11.4. The van der Waals surface area contributed by atoms with E-state index in [2.05, 4.69) is 48.6 Å². The monoisotopic (exact) mass is 442 g/mol. The van der Waals surface area contributed by atoms with Gasteiger partial charge in [-0.25, -0.2) is 0 Å². The van der Waals surface area contributed by atoms with Gasteiger partial charge in [0.15, 0.2) is 0 Å². The Balaban J connectivity index is 1.51. The molecule has 5 rings (SSSR count). The zero-order valence-corrected chi connectivity index (χ0v) is 18.8. The van der Waals surface area contributed by atoms with Gasteiger partial charge in [0.1, 0.15) is 11.4 Å². The summed E-state index contributed by atoms with van der Waals surface area (Å²) in [6.45, 7) is 0. The Morgan fingerprint density at radius 1 is 0.676 bits per heavy atom. The highest BCUT2D eigenvalue weighted by Gasteiger charge is 2.31. The molecule has 0 bridgehead atoms. The van der Waals surface area contributed by atoms with Gasteiger partial charge >= 0.3 is 0 Å². The standard InChI is InChI=1S/C32H26O2/c33-30-17-15-27(16-18-30)26-11-13-29(14-12-26)31(23-24-7-3-1-4-8-24)32(34)21-19-28(20-22-32)25-9-5-2-6-10-25/h1-21,23,33-34H,22H2. The number of phenolic OH excluding ortho intramolecular Hbond substituents is 1. The smallest absolute Gasteiger partial charge is 0.115 e. The van der Waals surface area contributed by atoms with Crippen molar-refractivity contribution in [3.8, 4) is 16.9 Å². The predicted octanol–water partition coefficient (Wildman–Crippen LogP) is 7.37. The van der Waals surface area contributed by atoms with E-state index in [4.69, 9.17) is 0 Å². The lowest BCUT2D eigenvalue weighted by Crippen LogP contribution is -2.28. The summed E-state index contributed by atoms with van der Waals surface area (Å²) in [4.78, 5) is 0. The zero-order chi connectivity index (χ0) is 23.4. The maximum Gasteiger partial charge on any atom is 0.115 e. The third-order valence-electron chi connectivity index (χ3n) is 6.25. The van der Waals surface area contributed by atoms with E-state index in [0.717, 1.165) is 39.0 Å². The van der Waals surface area contributed by atoms with Crippen LogP contribution in [-0.4, -0.2) is 15.8 Å². The number of rotatable bonds is 5. The number of hydrogen-bond donors (Lipinski definition) is 2. The van der Waals surface area contributed by atoms with Crippen LogP contribution in [0.1, 0.15) is 23.1 Å². The van der Waals surface area contributed by atoms with Crippen LogP contribution in [0.2, 0.25) is 0 Å². The van der Waals surface area contributed by atoms with E-state index in [1.807, 2.05) is 72.8 Å². The third-order valence-corrected chi connectivity index (χ3v) is 6.25. The van der Waals surface area contributed by atoms with Gasteiger partial charge in [-0.1, -0.05) is 109 Å². The predicted molar refractivity (Wildman–Crippen MR) is 141 cm³/mol. The zero-order valence-electron chi connectivity index (χ0n) is 18.8. The SMILES string of the molecule is Oc1ccc(-c2ccc(C(=Cc3ccccc3)C3(O)C=CC(c4ccccc4)=CC3)cc2)cc1. The van der Waals surface area contributed by atoms with Crippen molar-refractivity contribution in [3.63, 3.8) is 0 Å². The Bertz CT molecular complexity index is 1350. The number of hydrogen-bond acceptors (Lipinski definition) is 2. The maximum atomic E-state index is 11.8.